The molecule has 9 heteroatoms. The van der Waals surface area contributed by atoms with Crippen LogP contribution in [0.15, 0.2) is 30.6 Å². The Morgan fingerprint density at radius 3 is 2.78 bits per heavy atom. The second-order valence-electron chi connectivity index (χ2n) is 6.42. The van der Waals surface area contributed by atoms with Gasteiger partial charge >= 0.3 is 0 Å². The molecular formula is C18H20N6O3. The Kier molecular flexibility index (Phi) is 4.36. The second kappa shape index (κ2) is 6.84. The number of carbonyl (C=O) groups excluding carboxylic acids is 1. The number of amides is 1. The number of imidazole rings is 1. The number of phenols is 1. The molecule has 1 saturated heterocycles. The average molecular weight is 368 g/mol. The molecule has 4 rings (SSSR count). The molecule has 1 amide bonds. The highest BCUT2D eigenvalue weighted by Crippen LogP contribution is 2.29. The van der Waals surface area contributed by atoms with Gasteiger partial charge in [-0.25, -0.2) is 15.0 Å². The van der Waals surface area contributed by atoms with Crippen LogP contribution in [0, 0.1) is 0 Å². The van der Waals surface area contributed by atoms with Crippen molar-refractivity contribution in [3.05, 3.63) is 30.6 Å². The van der Waals surface area contributed by atoms with Crippen LogP contribution in [0.25, 0.3) is 22.6 Å². The molecule has 1 aromatic carbocycles. The van der Waals surface area contributed by atoms with Gasteiger partial charge in [0.15, 0.2) is 22.8 Å². The Morgan fingerprint density at radius 2 is 2.07 bits per heavy atom. The molecule has 27 heavy (non-hydrogen) atoms. The summed E-state index contributed by atoms with van der Waals surface area (Å²) < 4.78 is 7.08. The Labute approximate surface area is 155 Å². The molecular weight excluding hydrogens is 348 g/mol. The minimum absolute atomic E-state index is 0.128. The van der Waals surface area contributed by atoms with E-state index in [0.29, 0.717) is 54.7 Å². The van der Waals surface area contributed by atoms with Crippen LogP contribution in [-0.2, 0) is 9.53 Å². The third kappa shape index (κ3) is 3.17. The van der Waals surface area contributed by atoms with Crippen molar-refractivity contribution in [2.24, 2.45) is 5.73 Å². The maximum atomic E-state index is 11.7. The molecule has 3 heterocycles. The summed E-state index contributed by atoms with van der Waals surface area (Å²) >= 11 is 0. The number of primary amides is 1. The van der Waals surface area contributed by atoms with Crippen LogP contribution in [-0.4, -0.2) is 56.8 Å². The van der Waals surface area contributed by atoms with Crippen LogP contribution in [0.5, 0.6) is 5.75 Å². The molecule has 2 aromatic heterocycles. The molecule has 1 fully saturated rings. The van der Waals surface area contributed by atoms with Gasteiger partial charge in [-0.15, -0.1) is 0 Å². The number of hydrogen-bond acceptors (Lipinski definition) is 7. The number of nitrogens with zero attached hydrogens (tertiary/aromatic N) is 5. The van der Waals surface area contributed by atoms with Crippen molar-refractivity contribution in [3.63, 3.8) is 0 Å². The van der Waals surface area contributed by atoms with Crippen LogP contribution < -0.4 is 10.6 Å². The normalized spacial score (nSPS) is 15.8. The van der Waals surface area contributed by atoms with Gasteiger partial charge in [0.1, 0.15) is 11.8 Å². The SMILES string of the molecule is CC(C(N)=O)n1cnc2c(N3CCOCC3)nc(-c3cccc(O)c3)nc21. The van der Waals surface area contributed by atoms with Crippen molar-refractivity contribution in [2.75, 3.05) is 31.2 Å². The van der Waals surface area contributed by atoms with E-state index in [4.69, 9.17) is 15.5 Å². The summed E-state index contributed by atoms with van der Waals surface area (Å²) in [5, 5.41) is 9.82. The van der Waals surface area contributed by atoms with E-state index >= 15 is 0 Å². The fourth-order valence-corrected chi connectivity index (χ4v) is 3.09. The molecule has 0 radical (unpaired) electrons. The molecule has 1 aliphatic heterocycles. The Morgan fingerprint density at radius 1 is 1.30 bits per heavy atom. The summed E-state index contributed by atoms with van der Waals surface area (Å²) in [5.41, 5.74) is 7.28. The van der Waals surface area contributed by atoms with E-state index in [0.717, 1.165) is 0 Å². The van der Waals surface area contributed by atoms with E-state index in [1.165, 1.54) is 0 Å². The van der Waals surface area contributed by atoms with Gasteiger partial charge < -0.3 is 25.0 Å². The summed E-state index contributed by atoms with van der Waals surface area (Å²) in [5.74, 6) is 0.776. The third-order valence-corrected chi connectivity index (χ3v) is 4.65. The number of aromatic hydroxyl groups is 1. The lowest BCUT2D eigenvalue weighted by atomic mass is 10.2. The van der Waals surface area contributed by atoms with E-state index < -0.39 is 11.9 Å². The zero-order valence-corrected chi connectivity index (χ0v) is 14.9. The van der Waals surface area contributed by atoms with Crippen molar-refractivity contribution < 1.29 is 14.6 Å². The van der Waals surface area contributed by atoms with Gasteiger partial charge in [0, 0.05) is 18.7 Å². The van der Waals surface area contributed by atoms with Crippen molar-refractivity contribution in [1.29, 1.82) is 0 Å². The fourth-order valence-electron chi connectivity index (χ4n) is 3.09. The van der Waals surface area contributed by atoms with Crippen LogP contribution in [0.2, 0.25) is 0 Å². The Balaban J connectivity index is 1.93. The zero-order valence-electron chi connectivity index (χ0n) is 14.9. The molecule has 0 saturated carbocycles. The van der Waals surface area contributed by atoms with E-state index in [1.807, 2.05) is 6.07 Å². The van der Waals surface area contributed by atoms with Crippen molar-refractivity contribution in [3.8, 4) is 17.1 Å². The quantitative estimate of drug-likeness (QED) is 0.707. The summed E-state index contributed by atoms with van der Waals surface area (Å²) in [7, 11) is 0. The topological polar surface area (TPSA) is 119 Å². The zero-order chi connectivity index (χ0) is 19.0. The highest BCUT2D eigenvalue weighted by Gasteiger charge is 2.23. The molecule has 0 aliphatic carbocycles. The van der Waals surface area contributed by atoms with Gasteiger partial charge in [-0.2, -0.15) is 0 Å². The largest absolute Gasteiger partial charge is 0.508 e. The molecule has 1 aliphatic rings. The minimum Gasteiger partial charge on any atom is -0.508 e. The van der Waals surface area contributed by atoms with Gasteiger partial charge in [-0.05, 0) is 19.1 Å². The van der Waals surface area contributed by atoms with Gasteiger partial charge in [0.2, 0.25) is 5.91 Å². The van der Waals surface area contributed by atoms with Crippen molar-refractivity contribution in [2.45, 2.75) is 13.0 Å². The first kappa shape index (κ1) is 17.2. The van der Waals surface area contributed by atoms with Crippen LogP contribution >= 0.6 is 0 Å². The van der Waals surface area contributed by atoms with Gasteiger partial charge in [0.05, 0.1) is 19.5 Å². The number of carbonyl (C=O) groups is 1. The summed E-state index contributed by atoms with van der Waals surface area (Å²) in [6.45, 7) is 4.28. The first-order valence-corrected chi connectivity index (χ1v) is 8.70. The summed E-state index contributed by atoms with van der Waals surface area (Å²) in [6, 6.07) is 6.14. The molecule has 1 atom stereocenters. The maximum absolute atomic E-state index is 11.7. The van der Waals surface area contributed by atoms with E-state index in [9.17, 15) is 9.90 Å². The number of rotatable bonds is 4. The summed E-state index contributed by atoms with van der Waals surface area (Å²) in [6.07, 6.45) is 1.56. The number of ether oxygens (including phenoxy) is 1. The summed E-state index contributed by atoms with van der Waals surface area (Å²) in [4.78, 5) is 27.6. The van der Waals surface area contributed by atoms with E-state index in [2.05, 4.69) is 14.9 Å². The number of hydrogen-bond donors (Lipinski definition) is 2. The fraction of sp³-hybridized carbons (Fsp3) is 0.333. The molecule has 1 unspecified atom stereocenters. The number of phenolic OH excluding ortho intramolecular Hbond substituents is 1. The predicted octanol–water partition coefficient (Wildman–Crippen LogP) is 1.08. The van der Waals surface area contributed by atoms with E-state index in [1.54, 1.807) is 36.0 Å². The first-order valence-electron chi connectivity index (χ1n) is 8.70. The Bertz CT molecular complexity index is 996. The van der Waals surface area contributed by atoms with Gasteiger partial charge in [0.25, 0.3) is 0 Å². The number of aromatic nitrogens is 4. The lowest BCUT2D eigenvalue weighted by molar-refractivity contribution is -0.120. The predicted molar refractivity (Wildman–Crippen MR) is 99.4 cm³/mol. The van der Waals surface area contributed by atoms with Crippen molar-refractivity contribution >= 4 is 22.9 Å². The lowest BCUT2D eigenvalue weighted by Gasteiger charge is -2.28. The highest BCUT2D eigenvalue weighted by molar-refractivity contribution is 5.88. The van der Waals surface area contributed by atoms with Crippen molar-refractivity contribution in [1.82, 2.24) is 19.5 Å². The molecule has 9 nitrogen and oxygen atoms in total. The lowest BCUT2D eigenvalue weighted by Crippen LogP contribution is -2.37. The third-order valence-electron chi connectivity index (χ3n) is 4.65. The molecule has 140 valence electrons. The van der Waals surface area contributed by atoms with Crippen LogP contribution in [0.1, 0.15) is 13.0 Å². The van der Waals surface area contributed by atoms with Gasteiger partial charge in [-0.1, -0.05) is 12.1 Å². The average Bonchev–Trinajstić information content (AvgIpc) is 3.11. The van der Waals surface area contributed by atoms with Crippen LogP contribution in [0.4, 0.5) is 5.82 Å². The first-order chi connectivity index (χ1) is 13.0. The number of anilines is 1. The monoisotopic (exact) mass is 368 g/mol. The maximum Gasteiger partial charge on any atom is 0.240 e. The Hall–Kier alpha value is -3.20. The van der Waals surface area contributed by atoms with Gasteiger partial charge in [-0.3, -0.25) is 4.79 Å². The highest BCUT2D eigenvalue weighted by atomic mass is 16.5. The number of benzene rings is 1. The molecule has 3 N–H and O–H groups in total. The number of nitrogens with two attached hydrogens (primary N) is 1. The smallest absolute Gasteiger partial charge is 0.240 e. The molecule has 0 spiro atoms. The van der Waals surface area contributed by atoms with Crippen LogP contribution in [0.3, 0.4) is 0 Å². The molecule has 3 aromatic rings. The minimum atomic E-state index is -0.598. The molecule has 0 bridgehead atoms. The second-order valence-corrected chi connectivity index (χ2v) is 6.42. The number of morpholine rings is 1. The number of fused-ring (bicyclic) bond motifs is 1. The standard InChI is InChI=1S/C18H20N6O3/c1-11(15(19)26)24-10-20-14-17(23-5-7-27-8-6-23)21-16(22-18(14)24)12-3-2-4-13(25)9-12/h2-4,9-11,25H,5-8H2,1H3,(H2,19,26). The van der Waals surface area contributed by atoms with E-state index in [-0.39, 0.29) is 5.75 Å².